The number of pyridine rings is 1. The van der Waals surface area contributed by atoms with Crippen molar-refractivity contribution in [3.8, 4) is 22.9 Å². The van der Waals surface area contributed by atoms with Crippen LogP contribution in [0.25, 0.3) is 22.0 Å². The third kappa shape index (κ3) is 3.16. The average Bonchev–Trinajstić information content (AvgIpc) is 3.35. The zero-order valence-corrected chi connectivity index (χ0v) is 19.4. The molecule has 2 N–H and O–H groups in total. The fourth-order valence-corrected chi connectivity index (χ4v) is 4.98. The molecule has 36 heavy (non-hydrogen) atoms. The summed E-state index contributed by atoms with van der Waals surface area (Å²) in [7, 11) is 1.84. The van der Waals surface area contributed by atoms with E-state index < -0.39 is 18.1 Å². The molecule has 6 bridgehead atoms. The van der Waals surface area contributed by atoms with Crippen molar-refractivity contribution >= 4 is 10.9 Å². The third-order valence-corrected chi connectivity index (χ3v) is 6.88. The van der Waals surface area contributed by atoms with Crippen LogP contribution in [0.2, 0.25) is 0 Å². The lowest BCUT2D eigenvalue weighted by molar-refractivity contribution is 0.304. The van der Waals surface area contributed by atoms with Crippen LogP contribution in [-0.2, 0) is 26.2 Å². The van der Waals surface area contributed by atoms with Gasteiger partial charge in [0.15, 0.2) is 0 Å². The van der Waals surface area contributed by atoms with Gasteiger partial charge in [0, 0.05) is 29.6 Å². The summed E-state index contributed by atoms with van der Waals surface area (Å²) in [4.78, 5) is 17.5. The SMILES string of the molecule is [2H]C([2H])([2H])n1c(=O)cc2c3cc(ccc31)C(N)(c1cncn1C)c1ccc(C#N)c(c1)OCc1cccc-2c1. The van der Waals surface area contributed by atoms with Crippen LogP contribution in [0.3, 0.4) is 0 Å². The number of hydrogen-bond donors (Lipinski definition) is 1. The molecule has 0 amide bonds. The van der Waals surface area contributed by atoms with Crippen LogP contribution in [0.5, 0.6) is 5.75 Å². The van der Waals surface area contributed by atoms with E-state index in [2.05, 4.69) is 11.1 Å². The number of benzene rings is 3. The molecule has 0 radical (unpaired) electrons. The molecule has 3 heterocycles. The Bertz CT molecular complexity index is 1880. The topological polar surface area (TPSA) is 98.9 Å². The summed E-state index contributed by atoms with van der Waals surface area (Å²) in [6.45, 7) is -2.51. The molecule has 0 aliphatic carbocycles. The molecule has 7 heteroatoms. The Morgan fingerprint density at radius 1 is 1.14 bits per heavy atom. The largest absolute Gasteiger partial charge is 0.488 e. The van der Waals surface area contributed by atoms with Gasteiger partial charge in [-0.15, -0.1) is 0 Å². The summed E-state index contributed by atoms with van der Waals surface area (Å²) in [5.41, 5.74) is 10.1. The quantitative estimate of drug-likeness (QED) is 0.395. The van der Waals surface area contributed by atoms with Crippen molar-refractivity contribution in [3.63, 3.8) is 0 Å². The second-order valence-electron chi connectivity index (χ2n) is 8.97. The number of nitrogens with two attached hydrogens (primary N) is 1. The zero-order chi connectivity index (χ0) is 27.5. The molecule has 0 spiro atoms. The normalized spacial score (nSPS) is 18.1. The molecular weight excluding hydrogens is 450 g/mol. The van der Waals surface area contributed by atoms with Gasteiger partial charge in [0.1, 0.15) is 24.0 Å². The fourth-order valence-electron chi connectivity index (χ4n) is 4.98. The van der Waals surface area contributed by atoms with Gasteiger partial charge in [-0.05, 0) is 58.1 Å². The highest BCUT2D eigenvalue weighted by molar-refractivity contribution is 5.95. The maximum Gasteiger partial charge on any atom is 0.251 e. The molecule has 1 aliphatic heterocycles. The highest BCUT2D eigenvalue weighted by atomic mass is 16.5. The molecule has 1 atom stereocenters. The smallest absolute Gasteiger partial charge is 0.251 e. The summed E-state index contributed by atoms with van der Waals surface area (Å²) in [6, 6.07) is 21.5. The van der Waals surface area contributed by atoms with Gasteiger partial charge in [-0.2, -0.15) is 5.26 Å². The molecule has 1 aliphatic rings. The number of hydrogen-bond acceptors (Lipinski definition) is 5. The Balaban J connectivity index is 1.78. The molecule has 0 fully saturated rings. The number of imidazole rings is 1. The van der Waals surface area contributed by atoms with Gasteiger partial charge in [0.25, 0.3) is 5.56 Å². The van der Waals surface area contributed by atoms with Crippen molar-refractivity contribution in [3.05, 3.63) is 118 Å². The molecule has 1 unspecified atom stereocenters. The first kappa shape index (κ1) is 18.6. The minimum absolute atomic E-state index is 0.169. The molecule has 0 saturated carbocycles. The highest BCUT2D eigenvalue weighted by Gasteiger charge is 2.36. The maximum atomic E-state index is 13.2. The van der Waals surface area contributed by atoms with E-state index in [1.165, 1.54) is 6.07 Å². The van der Waals surface area contributed by atoms with Crippen LogP contribution in [0.4, 0.5) is 0 Å². The highest BCUT2D eigenvalue weighted by Crippen LogP contribution is 2.39. The Morgan fingerprint density at radius 2 is 1.97 bits per heavy atom. The van der Waals surface area contributed by atoms with Gasteiger partial charge in [-0.25, -0.2) is 4.98 Å². The molecule has 3 aromatic carbocycles. The summed E-state index contributed by atoms with van der Waals surface area (Å²) >= 11 is 0. The van der Waals surface area contributed by atoms with Gasteiger partial charge < -0.3 is 19.6 Å². The van der Waals surface area contributed by atoms with Crippen LogP contribution in [0.1, 0.15) is 32.1 Å². The Hall–Kier alpha value is -4.67. The predicted octanol–water partition coefficient (Wildman–Crippen LogP) is 3.95. The second-order valence-corrected chi connectivity index (χ2v) is 8.97. The van der Waals surface area contributed by atoms with Gasteiger partial charge in [0.05, 0.1) is 29.3 Å². The number of nitrogens with zero attached hydrogens (tertiary/aromatic N) is 4. The number of aromatic nitrogens is 3. The molecule has 7 nitrogen and oxygen atoms in total. The second kappa shape index (κ2) is 7.94. The number of nitriles is 1. The molecule has 6 rings (SSSR count). The van der Waals surface area contributed by atoms with Crippen molar-refractivity contribution in [2.45, 2.75) is 12.1 Å². The van der Waals surface area contributed by atoms with Gasteiger partial charge in [-0.1, -0.05) is 30.3 Å². The van der Waals surface area contributed by atoms with E-state index in [1.54, 1.807) is 42.9 Å². The fraction of sp³-hybridized carbons (Fsp3) is 0.138. The summed E-state index contributed by atoms with van der Waals surface area (Å²) in [6.07, 6.45) is 3.32. The predicted molar refractivity (Wildman–Crippen MR) is 137 cm³/mol. The monoisotopic (exact) mass is 476 g/mol. The number of rotatable bonds is 1. The average molecular weight is 477 g/mol. The van der Waals surface area contributed by atoms with Crippen molar-refractivity contribution in [1.82, 2.24) is 14.1 Å². The van der Waals surface area contributed by atoms with Crippen LogP contribution in [0, 0.1) is 11.3 Å². The van der Waals surface area contributed by atoms with Crippen LogP contribution in [-0.4, -0.2) is 14.1 Å². The minimum Gasteiger partial charge on any atom is -0.488 e. The lowest BCUT2D eigenvalue weighted by Crippen LogP contribution is -2.41. The summed E-state index contributed by atoms with van der Waals surface area (Å²) in [5.74, 6) is 0.386. The standard InChI is InChI=1S/C29H23N5O2/c1-33-17-32-15-27(33)29(31)21-8-9-25-24(11-21)23(13-28(35)34(25)2)19-5-3-4-18(10-19)16-36-26-12-22(29)7-6-20(26)14-30/h3-13,15,17H,16,31H2,1-2H3/i2D3. The van der Waals surface area contributed by atoms with Crippen LogP contribution < -0.4 is 16.0 Å². The van der Waals surface area contributed by atoms with Gasteiger partial charge in [0.2, 0.25) is 0 Å². The Labute approximate surface area is 211 Å². The number of fused-ring (bicyclic) bond motifs is 6. The third-order valence-electron chi connectivity index (χ3n) is 6.88. The van der Waals surface area contributed by atoms with Crippen LogP contribution >= 0.6 is 0 Å². The number of aryl methyl sites for hydroxylation is 2. The van der Waals surface area contributed by atoms with Gasteiger partial charge in [-0.3, -0.25) is 4.79 Å². The lowest BCUT2D eigenvalue weighted by Gasteiger charge is -2.32. The lowest BCUT2D eigenvalue weighted by atomic mass is 9.79. The van der Waals surface area contributed by atoms with Crippen LogP contribution in [0.15, 0.2) is 84.0 Å². The Morgan fingerprint density at radius 3 is 2.75 bits per heavy atom. The zero-order valence-electron chi connectivity index (χ0n) is 22.4. The summed E-state index contributed by atoms with van der Waals surface area (Å²) in [5, 5.41) is 10.3. The van der Waals surface area contributed by atoms with Crippen molar-refractivity contribution in [2.24, 2.45) is 19.8 Å². The molecule has 2 aromatic heterocycles. The van der Waals surface area contributed by atoms with E-state index in [1.807, 2.05) is 41.9 Å². The first-order valence-corrected chi connectivity index (χ1v) is 11.3. The van der Waals surface area contributed by atoms with E-state index in [4.69, 9.17) is 14.6 Å². The van der Waals surface area contributed by atoms with E-state index in [9.17, 15) is 10.1 Å². The van der Waals surface area contributed by atoms with E-state index >= 15 is 0 Å². The summed E-state index contributed by atoms with van der Waals surface area (Å²) < 4.78 is 32.9. The Kier molecular flexibility index (Phi) is 4.11. The van der Waals surface area contributed by atoms with Crippen molar-refractivity contribution in [2.75, 3.05) is 0 Å². The number of ether oxygens (including phenoxy) is 1. The van der Waals surface area contributed by atoms with Crippen molar-refractivity contribution < 1.29 is 8.85 Å². The molecule has 0 saturated heterocycles. The van der Waals surface area contributed by atoms with E-state index in [0.717, 1.165) is 15.7 Å². The van der Waals surface area contributed by atoms with Crippen molar-refractivity contribution in [1.29, 1.82) is 5.26 Å². The minimum atomic E-state index is -2.68. The molecule has 176 valence electrons. The van der Waals surface area contributed by atoms with E-state index in [0.29, 0.717) is 39.1 Å². The van der Waals surface area contributed by atoms with E-state index in [-0.39, 0.29) is 12.1 Å². The molecular formula is C29H23N5O2. The maximum absolute atomic E-state index is 13.2. The van der Waals surface area contributed by atoms with Gasteiger partial charge >= 0.3 is 0 Å². The first-order valence-electron chi connectivity index (χ1n) is 12.8. The first-order chi connectivity index (χ1) is 18.6. The molecule has 5 aromatic rings.